The van der Waals surface area contributed by atoms with Crippen molar-refractivity contribution in [1.82, 2.24) is 4.90 Å². The lowest BCUT2D eigenvalue weighted by Crippen LogP contribution is -2.28. The number of hydrogen-bond acceptors (Lipinski definition) is 9. The summed E-state index contributed by atoms with van der Waals surface area (Å²) in [6.07, 6.45) is 4.87. The number of carbonyl (C=O) groups is 2. The van der Waals surface area contributed by atoms with Crippen LogP contribution in [0.2, 0.25) is 0 Å². The van der Waals surface area contributed by atoms with Gasteiger partial charge in [0.1, 0.15) is 11.5 Å². The lowest BCUT2D eigenvalue weighted by Gasteiger charge is -2.13. The van der Waals surface area contributed by atoms with Crippen molar-refractivity contribution in [2.45, 2.75) is 27.3 Å². The van der Waals surface area contributed by atoms with Gasteiger partial charge in [-0.05, 0) is 84.8 Å². The molecule has 1 aliphatic rings. The first-order valence-corrected chi connectivity index (χ1v) is 15.8. The first-order valence-electron chi connectivity index (χ1n) is 15.0. The van der Waals surface area contributed by atoms with Gasteiger partial charge >= 0.3 is 0 Å². The highest BCUT2D eigenvalue weighted by atomic mass is 32.2. The molecule has 0 atom stereocenters. The summed E-state index contributed by atoms with van der Waals surface area (Å²) in [5.74, 6) is 2.12. The fraction of sp³-hybridized carbons (Fsp3) is 0.222. The summed E-state index contributed by atoms with van der Waals surface area (Å²) in [6.45, 7) is 6.69. The Morgan fingerprint density at radius 2 is 1.81 bits per heavy atom. The van der Waals surface area contributed by atoms with E-state index in [-0.39, 0.29) is 25.0 Å². The third-order valence-corrected chi connectivity index (χ3v) is 7.79. The van der Waals surface area contributed by atoms with E-state index in [0.29, 0.717) is 56.9 Å². The average Bonchev–Trinajstić information content (AvgIpc) is 3.69. The second kappa shape index (κ2) is 15.8. The van der Waals surface area contributed by atoms with Gasteiger partial charge in [-0.25, -0.2) is 0 Å². The smallest absolute Gasteiger partial charge is 0.267 e. The molecule has 242 valence electrons. The maximum absolute atomic E-state index is 13.6. The van der Waals surface area contributed by atoms with E-state index in [9.17, 15) is 9.59 Å². The fourth-order valence-electron chi connectivity index (χ4n) is 4.42. The number of anilines is 1. The van der Waals surface area contributed by atoms with E-state index in [2.05, 4.69) is 29.4 Å². The Morgan fingerprint density at radius 1 is 1.00 bits per heavy atom. The summed E-state index contributed by atoms with van der Waals surface area (Å²) in [7, 11) is 1.59. The molecule has 0 spiro atoms. The molecule has 1 N–H and O–H groups in total. The summed E-state index contributed by atoms with van der Waals surface area (Å²) >= 11 is 1.19. The molecule has 1 fully saturated rings. The summed E-state index contributed by atoms with van der Waals surface area (Å²) in [5, 5.41) is 11.9. The summed E-state index contributed by atoms with van der Waals surface area (Å²) < 4.78 is 22.7. The topological polar surface area (TPSA) is 115 Å². The summed E-state index contributed by atoms with van der Waals surface area (Å²) in [5.41, 5.74) is 3.18. The number of amidine groups is 1. The number of hydrogen-bond donors (Lipinski definition) is 1. The molecular weight excluding hydrogens is 616 g/mol. The predicted octanol–water partition coefficient (Wildman–Crippen LogP) is 7.16. The van der Waals surface area contributed by atoms with Crippen LogP contribution in [0.15, 0.2) is 105 Å². The van der Waals surface area contributed by atoms with E-state index in [1.54, 1.807) is 43.9 Å². The molecule has 2 heterocycles. The summed E-state index contributed by atoms with van der Waals surface area (Å²) in [4.78, 5) is 28.1. The van der Waals surface area contributed by atoms with E-state index in [1.807, 2.05) is 67.6 Å². The van der Waals surface area contributed by atoms with Crippen molar-refractivity contribution < 1.29 is 28.2 Å². The minimum absolute atomic E-state index is 0.178. The van der Waals surface area contributed by atoms with Crippen molar-refractivity contribution in [2.24, 2.45) is 16.1 Å². The zero-order valence-electron chi connectivity index (χ0n) is 26.6. The molecule has 3 aromatic carbocycles. The Hall–Kier alpha value is -5.29. The SMILES string of the molecule is COc1cc(/C=N/N=C2\S/C(=C\c3ccccc3OCC(=O)Nc3ccc(C)cc3)C(=O)N2Cc2ccco2)ccc1OCC(C)C. The highest BCUT2D eigenvalue weighted by Gasteiger charge is 2.34. The van der Waals surface area contributed by atoms with Crippen LogP contribution in [0.1, 0.15) is 36.3 Å². The van der Waals surface area contributed by atoms with Crippen LogP contribution in [0.3, 0.4) is 0 Å². The number of benzene rings is 3. The number of thioether (sulfide) groups is 1. The number of methoxy groups -OCH3 is 1. The van der Waals surface area contributed by atoms with E-state index in [0.717, 1.165) is 11.1 Å². The Balaban J connectivity index is 1.33. The van der Waals surface area contributed by atoms with Crippen LogP contribution < -0.4 is 19.5 Å². The lowest BCUT2D eigenvalue weighted by atomic mass is 10.2. The minimum atomic E-state index is -0.296. The number of para-hydroxylation sites is 1. The minimum Gasteiger partial charge on any atom is -0.493 e. The van der Waals surface area contributed by atoms with Crippen LogP contribution in [0.25, 0.3) is 6.08 Å². The van der Waals surface area contributed by atoms with Gasteiger partial charge in [0, 0.05) is 11.3 Å². The van der Waals surface area contributed by atoms with Gasteiger partial charge in [0.15, 0.2) is 23.3 Å². The first-order chi connectivity index (χ1) is 22.8. The van der Waals surface area contributed by atoms with Crippen molar-refractivity contribution in [3.63, 3.8) is 0 Å². The van der Waals surface area contributed by atoms with Crippen molar-refractivity contribution in [3.05, 3.63) is 112 Å². The largest absolute Gasteiger partial charge is 0.493 e. The molecular formula is C36H36N4O6S. The van der Waals surface area contributed by atoms with Gasteiger partial charge in [-0.15, -0.1) is 5.10 Å². The molecule has 1 saturated heterocycles. The Labute approximate surface area is 278 Å². The van der Waals surface area contributed by atoms with E-state index in [1.165, 1.54) is 16.7 Å². The number of amides is 2. The number of furan rings is 1. The molecule has 11 heteroatoms. The maximum atomic E-state index is 13.6. The fourth-order valence-corrected chi connectivity index (χ4v) is 5.34. The zero-order chi connectivity index (χ0) is 33.2. The number of aryl methyl sites for hydroxylation is 1. The molecule has 0 aliphatic carbocycles. The Kier molecular flexibility index (Phi) is 11.1. The number of rotatable bonds is 13. The molecule has 2 amide bonds. The van der Waals surface area contributed by atoms with Crippen molar-refractivity contribution >= 4 is 46.7 Å². The number of nitrogens with zero attached hydrogens (tertiary/aromatic N) is 3. The molecule has 4 aromatic rings. The highest BCUT2D eigenvalue weighted by molar-refractivity contribution is 8.18. The number of nitrogens with one attached hydrogen (secondary N) is 1. The van der Waals surface area contributed by atoms with Gasteiger partial charge in [-0.3, -0.25) is 14.5 Å². The Morgan fingerprint density at radius 3 is 2.55 bits per heavy atom. The quantitative estimate of drug-likeness (QED) is 0.0926. The molecule has 0 bridgehead atoms. The van der Waals surface area contributed by atoms with Crippen molar-refractivity contribution in [3.8, 4) is 17.2 Å². The monoisotopic (exact) mass is 652 g/mol. The van der Waals surface area contributed by atoms with E-state index in [4.69, 9.17) is 18.6 Å². The predicted molar refractivity (Wildman–Crippen MR) is 185 cm³/mol. The Bertz CT molecular complexity index is 1780. The van der Waals surface area contributed by atoms with E-state index >= 15 is 0 Å². The molecule has 1 aliphatic heterocycles. The normalized spacial score (nSPS) is 14.8. The van der Waals surface area contributed by atoms with Crippen LogP contribution in [0.5, 0.6) is 17.2 Å². The van der Waals surface area contributed by atoms with Gasteiger partial charge in [-0.1, -0.05) is 49.7 Å². The molecule has 0 radical (unpaired) electrons. The lowest BCUT2D eigenvalue weighted by molar-refractivity contribution is -0.122. The van der Waals surface area contributed by atoms with Crippen LogP contribution >= 0.6 is 11.8 Å². The molecule has 47 heavy (non-hydrogen) atoms. The second-order valence-electron chi connectivity index (χ2n) is 11.1. The molecule has 5 rings (SSSR count). The van der Waals surface area contributed by atoms with Gasteiger partial charge in [-0.2, -0.15) is 5.10 Å². The number of ether oxygens (including phenoxy) is 3. The average molecular weight is 653 g/mol. The van der Waals surface area contributed by atoms with Crippen LogP contribution in [0, 0.1) is 12.8 Å². The third-order valence-electron chi connectivity index (χ3n) is 6.79. The molecule has 0 saturated carbocycles. The van der Waals surface area contributed by atoms with Crippen LogP contribution in [-0.2, 0) is 16.1 Å². The van der Waals surface area contributed by atoms with Gasteiger partial charge < -0.3 is 23.9 Å². The standard InChI is InChI=1S/C36H36N4O6S/c1-24(2)22-45-31-16-13-26(18-32(31)43-4)20-37-39-36-40(21-29-9-7-17-44-29)35(42)33(47-36)19-27-8-5-6-10-30(27)46-23-34(41)38-28-14-11-25(3)12-15-28/h5-20,24H,21-23H2,1-4H3,(H,38,41)/b33-19-,37-20+,39-36-. The van der Waals surface area contributed by atoms with E-state index < -0.39 is 0 Å². The molecule has 1 aromatic heterocycles. The van der Waals surface area contributed by atoms with Crippen LogP contribution in [-0.4, -0.2) is 48.4 Å². The maximum Gasteiger partial charge on any atom is 0.267 e. The number of carbonyl (C=O) groups excluding carboxylic acids is 2. The van der Waals surface area contributed by atoms with Crippen molar-refractivity contribution in [1.29, 1.82) is 0 Å². The zero-order valence-corrected chi connectivity index (χ0v) is 27.5. The first kappa shape index (κ1) is 33.1. The molecule has 0 unspecified atom stereocenters. The third kappa shape index (κ3) is 9.14. The molecule has 10 nitrogen and oxygen atoms in total. The van der Waals surface area contributed by atoms with Gasteiger partial charge in [0.2, 0.25) is 0 Å². The summed E-state index contributed by atoms with van der Waals surface area (Å²) in [6, 6.07) is 23.8. The van der Waals surface area contributed by atoms with Crippen LogP contribution in [0.4, 0.5) is 5.69 Å². The van der Waals surface area contributed by atoms with Crippen molar-refractivity contribution in [2.75, 3.05) is 25.6 Å². The second-order valence-corrected chi connectivity index (χ2v) is 12.1. The van der Waals surface area contributed by atoms with Gasteiger partial charge in [0.25, 0.3) is 11.8 Å². The highest BCUT2D eigenvalue weighted by Crippen LogP contribution is 2.35. The van der Waals surface area contributed by atoms with Gasteiger partial charge in [0.05, 0.1) is 37.6 Å².